The fraction of sp³-hybridized carbons (Fsp3) is 0.900. The predicted molar refractivity (Wildman–Crippen MR) is 52.7 cm³/mol. The zero-order valence-electron chi connectivity index (χ0n) is 8.62. The minimum atomic E-state index is -0.326. The van der Waals surface area contributed by atoms with Crippen molar-refractivity contribution >= 4 is 5.78 Å². The Labute approximate surface area is 83.8 Å². The maximum absolute atomic E-state index is 11.3. The van der Waals surface area contributed by atoms with Gasteiger partial charge in [-0.1, -0.05) is 13.3 Å². The number of carbonyl (C=O) groups is 1. The highest BCUT2D eigenvalue weighted by Gasteiger charge is 2.39. The molecule has 1 fully saturated rings. The van der Waals surface area contributed by atoms with Crippen LogP contribution >= 0.6 is 0 Å². The first-order chi connectivity index (χ1) is 6.58. The van der Waals surface area contributed by atoms with Gasteiger partial charge in [0.1, 0.15) is 5.78 Å². The summed E-state index contributed by atoms with van der Waals surface area (Å²) >= 11 is 0. The number of rotatable bonds is 4. The lowest BCUT2D eigenvalue weighted by atomic mass is 9.71. The Kier molecular flexibility index (Phi) is 3.61. The first-order valence-electron chi connectivity index (χ1n) is 5.21. The van der Waals surface area contributed by atoms with Crippen LogP contribution in [0.15, 0.2) is 0 Å². The molecule has 0 saturated heterocycles. The smallest absolute Gasteiger partial charge is 0.209 e. The highest BCUT2D eigenvalue weighted by molar-refractivity contribution is 5.79. The SMILES string of the molecule is CCC[C@]1(C[N+](=O)[O-])CCCC(=O)C1. The Balaban J connectivity index is 2.68. The van der Waals surface area contributed by atoms with Gasteiger partial charge in [-0.15, -0.1) is 0 Å². The van der Waals surface area contributed by atoms with Crippen molar-refractivity contribution in [2.75, 3.05) is 6.54 Å². The maximum atomic E-state index is 11.3. The van der Waals surface area contributed by atoms with Gasteiger partial charge in [0.05, 0.1) is 0 Å². The zero-order valence-corrected chi connectivity index (χ0v) is 8.62. The molecule has 4 heteroatoms. The van der Waals surface area contributed by atoms with Gasteiger partial charge in [0.15, 0.2) is 0 Å². The molecule has 0 bridgehead atoms. The van der Waals surface area contributed by atoms with Crippen LogP contribution in [0.1, 0.15) is 45.4 Å². The van der Waals surface area contributed by atoms with Crippen molar-refractivity contribution in [2.24, 2.45) is 5.41 Å². The van der Waals surface area contributed by atoms with E-state index in [1.807, 2.05) is 6.92 Å². The monoisotopic (exact) mass is 199 g/mol. The Hall–Kier alpha value is -0.930. The van der Waals surface area contributed by atoms with Gasteiger partial charge < -0.3 is 0 Å². The van der Waals surface area contributed by atoms with Gasteiger partial charge in [-0.2, -0.15) is 0 Å². The maximum Gasteiger partial charge on any atom is 0.209 e. The van der Waals surface area contributed by atoms with E-state index in [2.05, 4.69) is 0 Å². The molecule has 1 saturated carbocycles. The molecule has 0 spiro atoms. The molecule has 1 aliphatic carbocycles. The largest absolute Gasteiger partial charge is 0.300 e. The van der Waals surface area contributed by atoms with Crippen molar-refractivity contribution in [3.8, 4) is 0 Å². The molecular weight excluding hydrogens is 182 g/mol. The van der Waals surface area contributed by atoms with E-state index < -0.39 is 0 Å². The number of hydrogen-bond acceptors (Lipinski definition) is 3. The first kappa shape index (κ1) is 11.1. The second-order valence-corrected chi connectivity index (χ2v) is 4.31. The summed E-state index contributed by atoms with van der Waals surface area (Å²) < 4.78 is 0. The van der Waals surface area contributed by atoms with Gasteiger partial charge in [0.2, 0.25) is 6.54 Å². The molecule has 80 valence electrons. The van der Waals surface area contributed by atoms with Gasteiger partial charge in [0.25, 0.3) is 0 Å². The van der Waals surface area contributed by atoms with E-state index in [1.54, 1.807) is 0 Å². The Morgan fingerprint density at radius 1 is 1.57 bits per heavy atom. The molecule has 14 heavy (non-hydrogen) atoms. The molecule has 0 unspecified atom stereocenters. The Bertz CT molecular complexity index is 232. The Morgan fingerprint density at radius 3 is 2.79 bits per heavy atom. The van der Waals surface area contributed by atoms with E-state index in [9.17, 15) is 14.9 Å². The molecule has 4 nitrogen and oxygen atoms in total. The quantitative estimate of drug-likeness (QED) is 0.515. The van der Waals surface area contributed by atoms with Crippen molar-refractivity contribution < 1.29 is 9.72 Å². The van der Waals surface area contributed by atoms with Crippen molar-refractivity contribution in [3.05, 3.63) is 10.1 Å². The highest BCUT2D eigenvalue weighted by atomic mass is 16.6. The van der Waals surface area contributed by atoms with Gasteiger partial charge in [0, 0.05) is 23.2 Å². The average Bonchev–Trinajstić information content (AvgIpc) is 2.02. The molecule has 0 aliphatic heterocycles. The number of hydrogen-bond donors (Lipinski definition) is 0. The van der Waals surface area contributed by atoms with E-state index in [0.29, 0.717) is 12.8 Å². The molecule has 0 heterocycles. The van der Waals surface area contributed by atoms with Crippen molar-refractivity contribution in [1.82, 2.24) is 0 Å². The van der Waals surface area contributed by atoms with Crippen LogP contribution in [-0.4, -0.2) is 17.3 Å². The van der Waals surface area contributed by atoms with Crippen LogP contribution in [-0.2, 0) is 4.79 Å². The van der Waals surface area contributed by atoms with E-state index in [1.165, 1.54) is 0 Å². The van der Waals surface area contributed by atoms with Crippen LogP contribution in [0.2, 0.25) is 0 Å². The zero-order chi connectivity index (χ0) is 10.6. The van der Waals surface area contributed by atoms with Crippen LogP contribution in [0.3, 0.4) is 0 Å². The summed E-state index contributed by atoms with van der Waals surface area (Å²) in [6.45, 7) is 1.98. The normalized spacial score (nSPS) is 27.6. The molecule has 0 aromatic carbocycles. The minimum absolute atomic E-state index is 0.0351. The molecule has 1 aliphatic rings. The lowest BCUT2D eigenvalue weighted by Crippen LogP contribution is -2.35. The van der Waals surface area contributed by atoms with Crippen molar-refractivity contribution in [2.45, 2.75) is 45.4 Å². The molecule has 0 aromatic rings. The second kappa shape index (κ2) is 4.53. The number of ketones is 1. The van der Waals surface area contributed by atoms with E-state index in [-0.39, 0.29) is 22.7 Å². The number of nitro groups is 1. The third-order valence-electron chi connectivity index (χ3n) is 2.98. The number of carbonyl (C=O) groups excluding carboxylic acids is 1. The van der Waals surface area contributed by atoms with E-state index in [4.69, 9.17) is 0 Å². The van der Waals surface area contributed by atoms with Gasteiger partial charge in [-0.3, -0.25) is 14.9 Å². The third kappa shape index (κ3) is 2.79. The summed E-state index contributed by atoms with van der Waals surface area (Å²) in [5.41, 5.74) is -0.326. The minimum Gasteiger partial charge on any atom is -0.300 e. The van der Waals surface area contributed by atoms with Crippen LogP contribution in [0.4, 0.5) is 0 Å². The lowest BCUT2D eigenvalue weighted by molar-refractivity contribution is -0.498. The molecule has 0 radical (unpaired) electrons. The van der Waals surface area contributed by atoms with Crippen LogP contribution in [0, 0.1) is 15.5 Å². The molecular formula is C10H17NO3. The summed E-state index contributed by atoms with van der Waals surface area (Å²) in [6.07, 6.45) is 4.42. The fourth-order valence-corrected chi connectivity index (χ4v) is 2.49. The summed E-state index contributed by atoms with van der Waals surface area (Å²) in [6, 6.07) is 0. The van der Waals surface area contributed by atoms with Crippen LogP contribution in [0.25, 0.3) is 0 Å². The highest BCUT2D eigenvalue weighted by Crippen LogP contribution is 2.38. The predicted octanol–water partition coefficient (Wildman–Crippen LogP) is 2.19. The summed E-state index contributed by atoms with van der Waals surface area (Å²) in [7, 11) is 0. The Morgan fingerprint density at radius 2 is 2.29 bits per heavy atom. The van der Waals surface area contributed by atoms with E-state index in [0.717, 1.165) is 25.7 Å². The van der Waals surface area contributed by atoms with Crippen molar-refractivity contribution in [3.63, 3.8) is 0 Å². The number of Topliss-reactive ketones (excluding diaryl/α,β-unsaturated/α-hetero) is 1. The first-order valence-corrected chi connectivity index (χ1v) is 5.21. The summed E-state index contributed by atoms with van der Waals surface area (Å²) in [5, 5.41) is 10.5. The fourth-order valence-electron chi connectivity index (χ4n) is 2.49. The van der Waals surface area contributed by atoms with Gasteiger partial charge >= 0.3 is 0 Å². The van der Waals surface area contributed by atoms with Crippen LogP contribution < -0.4 is 0 Å². The average molecular weight is 199 g/mol. The number of nitrogens with zero attached hydrogens (tertiary/aromatic N) is 1. The van der Waals surface area contributed by atoms with E-state index >= 15 is 0 Å². The molecule has 1 rings (SSSR count). The van der Waals surface area contributed by atoms with Gasteiger partial charge in [-0.05, 0) is 19.3 Å². The molecule has 1 atom stereocenters. The lowest BCUT2D eigenvalue weighted by Gasteiger charge is -2.32. The van der Waals surface area contributed by atoms with Crippen molar-refractivity contribution in [1.29, 1.82) is 0 Å². The summed E-state index contributed by atoms with van der Waals surface area (Å²) in [4.78, 5) is 21.6. The molecule has 0 N–H and O–H groups in total. The van der Waals surface area contributed by atoms with Crippen LogP contribution in [0.5, 0.6) is 0 Å². The third-order valence-corrected chi connectivity index (χ3v) is 2.98. The topological polar surface area (TPSA) is 60.2 Å². The standard InChI is InChI=1S/C10H17NO3/c1-2-5-10(8-11(13)14)6-3-4-9(12)7-10/h2-8H2,1H3/t10-/m0/s1. The molecule has 0 amide bonds. The van der Waals surface area contributed by atoms with Gasteiger partial charge in [-0.25, -0.2) is 0 Å². The molecule has 0 aromatic heterocycles. The summed E-state index contributed by atoms with van der Waals surface area (Å²) in [5.74, 6) is 0.201. The second-order valence-electron chi connectivity index (χ2n) is 4.31.